The first-order valence-corrected chi connectivity index (χ1v) is 12.4. The molecule has 1 aromatic carbocycles. The number of hydrogen-bond acceptors (Lipinski definition) is 6. The summed E-state index contributed by atoms with van der Waals surface area (Å²) >= 11 is 13.2. The van der Waals surface area contributed by atoms with Crippen LogP contribution in [0.3, 0.4) is 0 Å². The summed E-state index contributed by atoms with van der Waals surface area (Å²) in [7, 11) is 1.59. The van der Waals surface area contributed by atoms with E-state index in [9.17, 15) is 5.26 Å². The monoisotopic (exact) mass is 521 g/mol. The van der Waals surface area contributed by atoms with E-state index in [1.165, 1.54) is 0 Å². The van der Waals surface area contributed by atoms with Gasteiger partial charge in [-0.1, -0.05) is 29.3 Å². The van der Waals surface area contributed by atoms with Crippen LogP contribution in [0.1, 0.15) is 55.3 Å². The molecule has 4 heterocycles. The molecule has 0 aliphatic carbocycles. The molecule has 0 N–H and O–H groups in total. The second kappa shape index (κ2) is 9.23. The average Bonchev–Trinajstić information content (AvgIpc) is 3.50. The molecule has 0 radical (unpaired) electrons. The number of halogens is 2. The molecule has 8 nitrogen and oxygen atoms in total. The number of aromatic nitrogens is 6. The first-order valence-electron chi connectivity index (χ1n) is 11.6. The predicted molar refractivity (Wildman–Crippen MR) is 138 cm³/mol. The fraction of sp³-hybridized carbons (Fsp3) is 0.346. The highest BCUT2D eigenvalue weighted by Crippen LogP contribution is 2.41. The molecule has 0 amide bonds. The summed E-state index contributed by atoms with van der Waals surface area (Å²) in [5.74, 6) is 1.72. The van der Waals surface area contributed by atoms with Crippen molar-refractivity contribution < 1.29 is 4.74 Å². The maximum Gasteiger partial charge on any atom is 0.238 e. The third-order valence-electron chi connectivity index (χ3n) is 6.54. The summed E-state index contributed by atoms with van der Waals surface area (Å²) < 4.78 is 9.36. The van der Waals surface area contributed by atoms with Gasteiger partial charge in [0.2, 0.25) is 5.88 Å². The van der Waals surface area contributed by atoms with Crippen molar-refractivity contribution in [2.24, 2.45) is 0 Å². The second-order valence-corrected chi connectivity index (χ2v) is 10.3. The number of nitriles is 1. The standard InChI is InChI=1S/C26H25Cl2N7O/c1-15-12-34(14-30-15)22-8-7-21(31-25(22)36-4)23-32-24-16(6-5-9-35(24)33-23)17-10-18(26(2,3)13-29)20(28)11-19(17)27/h7-8,10-12,14,16H,5-6,9H2,1-4H3/t16-/m0/s1. The second-order valence-electron chi connectivity index (χ2n) is 9.45. The minimum atomic E-state index is -0.750. The molecule has 0 saturated heterocycles. The molecule has 36 heavy (non-hydrogen) atoms. The van der Waals surface area contributed by atoms with Crippen molar-refractivity contribution in [3.63, 3.8) is 0 Å². The average molecular weight is 522 g/mol. The molecule has 0 bridgehead atoms. The minimum absolute atomic E-state index is 0.0758. The van der Waals surface area contributed by atoms with E-state index in [1.54, 1.807) is 19.5 Å². The molecule has 0 unspecified atom stereocenters. The summed E-state index contributed by atoms with van der Waals surface area (Å²) in [4.78, 5) is 13.9. The molecule has 184 valence electrons. The van der Waals surface area contributed by atoms with Crippen LogP contribution in [0.15, 0.2) is 36.8 Å². The SMILES string of the molecule is COc1nc(-c2nc3n(n2)CCC[C@H]3c2cc(C(C)(C)C#N)c(Cl)cc2Cl)ccc1-n1cnc(C)c1. The number of rotatable bonds is 5. The smallest absolute Gasteiger partial charge is 0.238 e. The Bertz CT molecular complexity index is 1500. The van der Waals surface area contributed by atoms with Crippen molar-refractivity contribution in [3.8, 4) is 29.2 Å². The summed E-state index contributed by atoms with van der Waals surface area (Å²) in [6.45, 7) is 6.38. The van der Waals surface area contributed by atoms with Crippen LogP contribution in [0.25, 0.3) is 17.2 Å². The lowest BCUT2D eigenvalue weighted by molar-refractivity contribution is 0.396. The largest absolute Gasteiger partial charge is 0.479 e. The Morgan fingerprint density at radius 3 is 2.67 bits per heavy atom. The molecular formula is C26H25Cl2N7O. The summed E-state index contributed by atoms with van der Waals surface area (Å²) in [5, 5.41) is 15.5. The Hall–Kier alpha value is -3.41. The number of methoxy groups -OCH3 is 1. The molecule has 0 fully saturated rings. The molecule has 3 aromatic heterocycles. The molecule has 0 saturated carbocycles. The van der Waals surface area contributed by atoms with E-state index in [4.69, 9.17) is 38.0 Å². The van der Waals surface area contributed by atoms with Gasteiger partial charge in [-0.2, -0.15) is 5.26 Å². The van der Waals surface area contributed by atoms with E-state index in [-0.39, 0.29) is 5.92 Å². The van der Waals surface area contributed by atoms with Gasteiger partial charge in [0.05, 0.1) is 30.6 Å². The summed E-state index contributed by atoms with van der Waals surface area (Å²) in [5.41, 5.74) is 3.19. The third-order valence-corrected chi connectivity index (χ3v) is 7.18. The number of nitrogens with zero attached hydrogens (tertiary/aromatic N) is 7. The Morgan fingerprint density at radius 1 is 1.17 bits per heavy atom. The maximum absolute atomic E-state index is 9.68. The Kier molecular flexibility index (Phi) is 6.23. The van der Waals surface area contributed by atoms with Gasteiger partial charge < -0.3 is 9.30 Å². The Labute approximate surface area is 219 Å². The zero-order valence-corrected chi connectivity index (χ0v) is 22.0. The van der Waals surface area contributed by atoms with Gasteiger partial charge in [0, 0.05) is 28.7 Å². The lowest BCUT2D eigenvalue weighted by Crippen LogP contribution is -2.20. The van der Waals surface area contributed by atoms with Gasteiger partial charge in [-0.3, -0.25) is 0 Å². The normalized spacial score (nSPS) is 15.4. The highest BCUT2D eigenvalue weighted by molar-refractivity contribution is 6.35. The summed E-state index contributed by atoms with van der Waals surface area (Å²) in [6.07, 6.45) is 5.42. The van der Waals surface area contributed by atoms with E-state index in [2.05, 4.69) is 16.0 Å². The van der Waals surface area contributed by atoms with Crippen LogP contribution >= 0.6 is 23.2 Å². The minimum Gasteiger partial charge on any atom is -0.479 e. The summed E-state index contributed by atoms with van der Waals surface area (Å²) in [6, 6.07) is 9.82. The number of fused-ring (bicyclic) bond motifs is 1. The Balaban J connectivity index is 1.55. The zero-order valence-electron chi connectivity index (χ0n) is 20.5. The third kappa shape index (κ3) is 4.23. The van der Waals surface area contributed by atoms with Gasteiger partial charge in [-0.25, -0.2) is 19.6 Å². The number of hydrogen-bond donors (Lipinski definition) is 0. The topological polar surface area (TPSA) is 94.4 Å². The Morgan fingerprint density at radius 2 is 1.97 bits per heavy atom. The van der Waals surface area contributed by atoms with Crippen molar-refractivity contribution >= 4 is 23.2 Å². The van der Waals surface area contributed by atoms with Crippen molar-refractivity contribution in [1.82, 2.24) is 29.3 Å². The predicted octanol–water partition coefficient (Wildman–Crippen LogP) is 5.88. The van der Waals surface area contributed by atoms with Crippen LogP contribution < -0.4 is 4.74 Å². The van der Waals surface area contributed by atoms with Crippen LogP contribution in [-0.4, -0.2) is 36.4 Å². The van der Waals surface area contributed by atoms with Crippen LogP contribution in [0, 0.1) is 18.3 Å². The van der Waals surface area contributed by atoms with Gasteiger partial charge in [0.15, 0.2) is 5.82 Å². The molecular weight excluding hydrogens is 497 g/mol. The van der Waals surface area contributed by atoms with E-state index < -0.39 is 5.41 Å². The number of pyridine rings is 1. The fourth-order valence-corrected chi connectivity index (χ4v) is 5.33. The van der Waals surface area contributed by atoms with Crippen LogP contribution in [0.4, 0.5) is 0 Å². The number of ether oxygens (including phenoxy) is 1. The molecule has 1 aliphatic rings. The van der Waals surface area contributed by atoms with Crippen molar-refractivity contribution in [2.75, 3.05) is 7.11 Å². The lowest BCUT2D eigenvalue weighted by Gasteiger charge is -2.26. The highest BCUT2D eigenvalue weighted by atomic mass is 35.5. The first kappa shape index (κ1) is 24.3. The van der Waals surface area contributed by atoms with Crippen LogP contribution in [-0.2, 0) is 12.0 Å². The number of imidazole rings is 1. The molecule has 1 atom stereocenters. The maximum atomic E-state index is 9.68. The van der Waals surface area contributed by atoms with E-state index in [0.717, 1.165) is 47.7 Å². The number of benzene rings is 1. The van der Waals surface area contributed by atoms with Crippen molar-refractivity contribution in [2.45, 2.75) is 51.5 Å². The molecule has 4 aromatic rings. The molecule has 10 heteroatoms. The van der Waals surface area contributed by atoms with Crippen molar-refractivity contribution in [1.29, 1.82) is 5.26 Å². The van der Waals surface area contributed by atoms with E-state index in [1.807, 2.05) is 54.4 Å². The van der Waals surface area contributed by atoms with E-state index in [0.29, 0.717) is 27.4 Å². The van der Waals surface area contributed by atoms with E-state index >= 15 is 0 Å². The van der Waals surface area contributed by atoms with Crippen LogP contribution in [0.5, 0.6) is 5.88 Å². The van der Waals surface area contributed by atoms with Gasteiger partial charge in [0.1, 0.15) is 17.2 Å². The van der Waals surface area contributed by atoms with Gasteiger partial charge >= 0.3 is 0 Å². The number of aryl methyl sites for hydroxylation is 2. The quantitative estimate of drug-likeness (QED) is 0.325. The van der Waals surface area contributed by atoms with Crippen LogP contribution in [0.2, 0.25) is 10.0 Å². The lowest BCUT2D eigenvalue weighted by atomic mass is 9.82. The fourth-order valence-electron chi connectivity index (χ4n) is 4.58. The molecule has 1 aliphatic heterocycles. The molecule has 5 rings (SSSR count). The van der Waals surface area contributed by atoms with Gasteiger partial charge in [0.25, 0.3) is 0 Å². The van der Waals surface area contributed by atoms with Gasteiger partial charge in [-0.05, 0) is 62.9 Å². The van der Waals surface area contributed by atoms with Gasteiger partial charge in [-0.15, -0.1) is 5.10 Å². The zero-order chi connectivity index (χ0) is 25.6. The molecule has 0 spiro atoms. The van der Waals surface area contributed by atoms with Crippen molar-refractivity contribution in [3.05, 3.63) is 69.5 Å². The highest BCUT2D eigenvalue weighted by Gasteiger charge is 2.31. The first-order chi connectivity index (χ1) is 17.2.